The van der Waals surface area contributed by atoms with Crippen LogP contribution in [0, 0.1) is 11.3 Å². The zero-order chi connectivity index (χ0) is 25.0. The molecule has 194 valence electrons. The summed E-state index contributed by atoms with van der Waals surface area (Å²) in [4.78, 5) is 6.43. The fourth-order valence-corrected chi connectivity index (χ4v) is 9.64. The second-order valence-corrected chi connectivity index (χ2v) is 13.2. The van der Waals surface area contributed by atoms with E-state index in [2.05, 4.69) is 53.2 Å². The fraction of sp³-hybridized carbons (Fsp3) is 0.594. The highest BCUT2D eigenvalue weighted by molar-refractivity contribution is 5.82. The maximum absolute atomic E-state index is 14.0. The molecule has 3 aliphatic carbocycles. The number of alkyl halides is 2. The van der Waals surface area contributed by atoms with Gasteiger partial charge < -0.3 is 4.74 Å². The molecule has 2 spiro atoms. The number of fused-ring (bicyclic) bond motifs is 2. The Bertz CT molecular complexity index is 1350. The molecule has 2 saturated carbocycles. The van der Waals surface area contributed by atoms with Crippen LogP contribution in [-0.4, -0.2) is 46.1 Å². The first-order valence-electron chi connectivity index (χ1n) is 14.4. The van der Waals surface area contributed by atoms with Gasteiger partial charge in [-0.3, -0.25) is 9.88 Å². The number of pyridine rings is 1. The number of aromatic nitrogens is 1. The number of benzene rings is 1. The molecular weight excluding hydrogens is 466 g/mol. The molecule has 2 bridgehead atoms. The number of ether oxygens (including phenoxy) is 1. The molecule has 0 radical (unpaired) electrons. The van der Waals surface area contributed by atoms with Crippen molar-refractivity contribution in [1.82, 2.24) is 9.88 Å². The minimum Gasteiger partial charge on any atom is -0.359 e. The lowest BCUT2D eigenvalue weighted by Crippen LogP contribution is -2.55. The molecule has 4 fully saturated rings. The number of hydrogen-bond donors (Lipinski definition) is 0. The summed E-state index contributed by atoms with van der Waals surface area (Å²) in [6, 6.07) is 9.26. The van der Waals surface area contributed by atoms with Crippen LogP contribution in [-0.2, 0) is 4.74 Å². The number of hydrogen-bond acceptors (Lipinski definition) is 3. The van der Waals surface area contributed by atoms with Gasteiger partial charge in [0.25, 0.3) is 5.92 Å². The molecule has 4 heterocycles. The van der Waals surface area contributed by atoms with Crippen molar-refractivity contribution in [2.24, 2.45) is 11.3 Å². The van der Waals surface area contributed by atoms with Crippen LogP contribution < -0.4 is 0 Å². The quantitative estimate of drug-likeness (QED) is 0.435. The third-order valence-corrected chi connectivity index (χ3v) is 11.4. The monoisotopic (exact) mass is 502 g/mol. The van der Waals surface area contributed by atoms with Gasteiger partial charge in [0.15, 0.2) is 0 Å². The van der Waals surface area contributed by atoms with E-state index in [0.29, 0.717) is 18.4 Å². The largest absolute Gasteiger partial charge is 0.359 e. The Kier molecular flexibility index (Phi) is 4.63. The molecule has 1 aromatic carbocycles. The minimum absolute atomic E-state index is 0.00350. The van der Waals surface area contributed by atoms with Gasteiger partial charge in [0.1, 0.15) is 0 Å². The summed E-state index contributed by atoms with van der Waals surface area (Å²) < 4.78 is 35.5. The van der Waals surface area contributed by atoms with E-state index in [4.69, 9.17) is 4.74 Å². The number of likely N-dealkylation sites (tertiary alicyclic amines) is 1. The van der Waals surface area contributed by atoms with Crippen LogP contribution in [0.25, 0.3) is 10.8 Å². The van der Waals surface area contributed by atoms with Crippen LogP contribution in [0.3, 0.4) is 0 Å². The van der Waals surface area contributed by atoms with E-state index in [1.54, 1.807) is 0 Å². The molecule has 6 atom stereocenters. The predicted molar refractivity (Wildman–Crippen MR) is 141 cm³/mol. The number of allylic oxidation sites excluding steroid dienone is 1. The van der Waals surface area contributed by atoms with Crippen LogP contribution in [0.15, 0.2) is 60.0 Å². The average Bonchev–Trinajstić information content (AvgIpc) is 3.54. The van der Waals surface area contributed by atoms with Crippen LogP contribution >= 0.6 is 0 Å². The van der Waals surface area contributed by atoms with Gasteiger partial charge in [-0.15, -0.1) is 0 Å². The molecule has 6 aliphatic rings. The number of halogens is 2. The Morgan fingerprint density at radius 3 is 2.84 bits per heavy atom. The average molecular weight is 503 g/mol. The molecule has 5 heteroatoms. The Balaban J connectivity index is 1.12. The van der Waals surface area contributed by atoms with E-state index in [1.165, 1.54) is 40.3 Å². The molecule has 2 saturated heterocycles. The summed E-state index contributed by atoms with van der Waals surface area (Å²) in [5.74, 6) is -1.54. The van der Waals surface area contributed by atoms with Crippen molar-refractivity contribution in [1.29, 1.82) is 0 Å². The minimum atomic E-state index is -2.53. The zero-order valence-corrected chi connectivity index (χ0v) is 21.7. The maximum atomic E-state index is 14.0. The molecule has 0 N–H and O–H groups in total. The molecule has 0 amide bonds. The van der Waals surface area contributed by atoms with Gasteiger partial charge in [0.2, 0.25) is 0 Å². The first-order chi connectivity index (χ1) is 17.8. The summed E-state index contributed by atoms with van der Waals surface area (Å²) >= 11 is 0. The van der Waals surface area contributed by atoms with Gasteiger partial charge >= 0.3 is 0 Å². The smallest absolute Gasteiger partial charge is 0.261 e. The molecule has 3 nitrogen and oxygen atoms in total. The standard InChI is InChI=1S/C32H36F2N2O/c1-29-10-8-25-17-24-4-5-26(36-15-13-31(33,34)20-36)18-30(24)11-12-32(25,37-30)28(29)7-6-27(29)22-3-2-21-9-14-35-19-23(21)16-22/h2-3,8-9,14,16-17,19,26-28H,4-7,10-13,15,18,20H2,1H3/t26-,27+,28+,29+,30+,32?/m0/s1. The van der Waals surface area contributed by atoms with Crippen molar-refractivity contribution >= 4 is 10.8 Å². The normalized spacial score (nSPS) is 42.2. The second-order valence-electron chi connectivity index (χ2n) is 13.2. The number of nitrogens with zero attached hydrogens (tertiary/aromatic N) is 2. The Hall–Kier alpha value is -2.11. The van der Waals surface area contributed by atoms with E-state index < -0.39 is 5.92 Å². The van der Waals surface area contributed by atoms with E-state index in [9.17, 15) is 8.78 Å². The summed E-state index contributed by atoms with van der Waals surface area (Å²) in [6.07, 6.45) is 17.3. The van der Waals surface area contributed by atoms with Crippen molar-refractivity contribution in [3.63, 3.8) is 0 Å². The van der Waals surface area contributed by atoms with Gasteiger partial charge in [-0.25, -0.2) is 8.78 Å². The highest BCUT2D eigenvalue weighted by atomic mass is 19.3. The van der Waals surface area contributed by atoms with Crippen molar-refractivity contribution in [2.75, 3.05) is 13.1 Å². The Labute approximate surface area is 218 Å². The van der Waals surface area contributed by atoms with E-state index >= 15 is 0 Å². The maximum Gasteiger partial charge on any atom is 0.261 e. The SMILES string of the molecule is C[C@]12CC=C3C=C4CC[C@H](N5CCC(F)(F)C5)C[C@]45CCC3(O5)[C@@H]1CC[C@@H]2c1ccc2ccncc2c1. The van der Waals surface area contributed by atoms with Gasteiger partial charge in [-0.1, -0.05) is 31.2 Å². The third kappa shape index (κ3) is 3.13. The highest BCUT2D eigenvalue weighted by Gasteiger charge is 2.66. The summed E-state index contributed by atoms with van der Waals surface area (Å²) in [5, 5.41) is 2.47. The molecule has 3 aliphatic heterocycles. The van der Waals surface area contributed by atoms with Crippen molar-refractivity contribution in [3.8, 4) is 0 Å². The van der Waals surface area contributed by atoms with Crippen LogP contribution in [0.1, 0.15) is 76.2 Å². The van der Waals surface area contributed by atoms with Gasteiger partial charge in [0.05, 0.1) is 17.7 Å². The highest BCUT2D eigenvalue weighted by Crippen LogP contribution is 2.69. The topological polar surface area (TPSA) is 25.4 Å². The van der Waals surface area contributed by atoms with Crippen molar-refractivity contribution in [2.45, 2.75) is 93.8 Å². The van der Waals surface area contributed by atoms with E-state index in [0.717, 1.165) is 38.5 Å². The predicted octanol–water partition coefficient (Wildman–Crippen LogP) is 7.19. The lowest BCUT2D eigenvalue weighted by Gasteiger charge is -2.55. The molecule has 37 heavy (non-hydrogen) atoms. The number of rotatable bonds is 2. The lowest BCUT2D eigenvalue weighted by atomic mass is 9.58. The van der Waals surface area contributed by atoms with Gasteiger partial charge in [-0.2, -0.15) is 0 Å². The Morgan fingerprint density at radius 1 is 1.05 bits per heavy atom. The molecule has 2 aromatic rings. The second kappa shape index (κ2) is 7.51. The Morgan fingerprint density at radius 2 is 1.97 bits per heavy atom. The molecular formula is C32H36F2N2O. The zero-order valence-electron chi connectivity index (χ0n) is 21.7. The van der Waals surface area contributed by atoms with Crippen LogP contribution in [0.4, 0.5) is 8.78 Å². The van der Waals surface area contributed by atoms with Crippen molar-refractivity contribution in [3.05, 3.63) is 65.5 Å². The van der Waals surface area contributed by atoms with Gasteiger partial charge in [0, 0.05) is 36.8 Å². The van der Waals surface area contributed by atoms with Crippen LogP contribution in [0.2, 0.25) is 0 Å². The summed E-state index contributed by atoms with van der Waals surface area (Å²) in [7, 11) is 0. The molecule has 8 rings (SSSR count). The third-order valence-electron chi connectivity index (χ3n) is 11.4. The first-order valence-corrected chi connectivity index (χ1v) is 14.4. The molecule has 1 aromatic heterocycles. The lowest BCUT2D eigenvalue weighted by molar-refractivity contribution is -0.141. The first kappa shape index (κ1) is 22.8. The van der Waals surface area contributed by atoms with Crippen LogP contribution in [0.5, 0.6) is 0 Å². The summed E-state index contributed by atoms with van der Waals surface area (Å²) in [5.41, 5.74) is 4.00. The van der Waals surface area contributed by atoms with E-state index in [1.807, 2.05) is 12.4 Å². The molecule has 1 unspecified atom stereocenters. The fourth-order valence-electron chi connectivity index (χ4n) is 9.64. The van der Waals surface area contributed by atoms with Gasteiger partial charge in [-0.05, 0) is 103 Å². The van der Waals surface area contributed by atoms with Crippen molar-refractivity contribution < 1.29 is 13.5 Å². The summed E-state index contributed by atoms with van der Waals surface area (Å²) in [6.45, 7) is 2.95. The van der Waals surface area contributed by atoms with E-state index in [-0.39, 0.29) is 35.6 Å².